The Hall–Kier alpha value is -1.57. The summed E-state index contributed by atoms with van der Waals surface area (Å²) >= 11 is 0. The standard InChI is InChI=1S/C17H24N2O2/c1-14-12-19(13-15(2)21-14)9-5-6-10-20-17-8-4-3-7-16(17)11-18/h3-4,7-8,14-15H,5-6,9-10,12-13H2,1-2H3/t14-,15+. The van der Waals surface area contributed by atoms with Crippen molar-refractivity contribution in [1.29, 1.82) is 5.26 Å². The van der Waals surface area contributed by atoms with Crippen molar-refractivity contribution in [2.75, 3.05) is 26.2 Å². The summed E-state index contributed by atoms with van der Waals surface area (Å²) in [5, 5.41) is 8.99. The lowest BCUT2D eigenvalue weighted by molar-refractivity contribution is -0.0682. The molecule has 1 aromatic carbocycles. The van der Waals surface area contributed by atoms with Crippen LogP contribution in [0.5, 0.6) is 5.75 Å². The molecule has 1 fully saturated rings. The minimum Gasteiger partial charge on any atom is -0.492 e. The lowest BCUT2D eigenvalue weighted by Gasteiger charge is -2.35. The highest BCUT2D eigenvalue weighted by molar-refractivity contribution is 5.42. The van der Waals surface area contributed by atoms with Gasteiger partial charge in [-0.2, -0.15) is 5.26 Å². The Morgan fingerprint density at radius 1 is 1.24 bits per heavy atom. The number of ether oxygens (including phenoxy) is 2. The molecular weight excluding hydrogens is 264 g/mol. The lowest BCUT2D eigenvalue weighted by atomic mass is 10.2. The van der Waals surface area contributed by atoms with Gasteiger partial charge in [0.25, 0.3) is 0 Å². The number of unbranched alkanes of at least 4 members (excludes halogenated alkanes) is 1. The molecule has 2 rings (SSSR count). The first kappa shape index (κ1) is 15.8. The average molecular weight is 288 g/mol. The zero-order valence-corrected chi connectivity index (χ0v) is 12.9. The molecule has 0 radical (unpaired) electrons. The Labute approximate surface area is 127 Å². The van der Waals surface area contributed by atoms with Crippen LogP contribution in [-0.2, 0) is 4.74 Å². The number of nitrogens with zero attached hydrogens (tertiary/aromatic N) is 2. The summed E-state index contributed by atoms with van der Waals surface area (Å²) in [6.45, 7) is 8.04. The van der Waals surface area contributed by atoms with Crippen molar-refractivity contribution >= 4 is 0 Å². The van der Waals surface area contributed by atoms with E-state index >= 15 is 0 Å². The smallest absolute Gasteiger partial charge is 0.137 e. The van der Waals surface area contributed by atoms with E-state index in [1.165, 1.54) is 0 Å². The molecule has 0 aliphatic carbocycles. The third-order valence-corrected chi connectivity index (χ3v) is 3.63. The minimum atomic E-state index is 0.326. The molecule has 1 aliphatic rings. The van der Waals surface area contributed by atoms with Crippen molar-refractivity contribution in [3.63, 3.8) is 0 Å². The maximum Gasteiger partial charge on any atom is 0.137 e. The molecule has 21 heavy (non-hydrogen) atoms. The van der Waals surface area contributed by atoms with Crippen LogP contribution < -0.4 is 4.74 Å². The lowest BCUT2D eigenvalue weighted by Crippen LogP contribution is -2.45. The van der Waals surface area contributed by atoms with E-state index in [-0.39, 0.29) is 0 Å². The van der Waals surface area contributed by atoms with Gasteiger partial charge in [0, 0.05) is 13.1 Å². The fourth-order valence-electron chi connectivity index (χ4n) is 2.77. The number of para-hydroxylation sites is 1. The second-order valence-electron chi connectivity index (χ2n) is 5.68. The molecule has 2 atom stereocenters. The van der Waals surface area contributed by atoms with Gasteiger partial charge in [-0.25, -0.2) is 0 Å². The molecule has 0 unspecified atom stereocenters. The van der Waals surface area contributed by atoms with Gasteiger partial charge >= 0.3 is 0 Å². The largest absolute Gasteiger partial charge is 0.492 e. The van der Waals surface area contributed by atoms with Crippen LogP contribution in [0.4, 0.5) is 0 Å². The fourth-order valence-corrected chi connectivity index (χ4v) is 2.77. The summed E-state index contributed by atoms with van der Waals surface area (Å²) in [5.74, 6) is 0.689. The van der Waals surface area contributed by atoms with Crippen molar-refractivity contribution in [2.45, 2.75) is 38.9 Å². The normalized spacial score (nSPS) is 22.7. The number of nitriles is 1. The Morgan fingerprint density at radius 3 is 2.67 bits per heavy atom. The maximum absolute atomic E-state index is 8.99. The predicted octanol–water partition coefficient (Wildman–Crippen LogP) is 2.83. The van der Waals surface area contributed by atoms with Crippen LogP contribution in [0.1, 0.15) is 32.3 Å². The zero-order chi connectivity index (χ0) is 15.1. The van der Waals surface area contributed by atoms with Crippen molar-refractivity contribution in [3.8, 4) is 11.8 Å². The predicted molar refractivity (Wildman–Crippen MR) is 82.3 cm³/mol. The average Bonchev–Trinajstić information content (AvgIpc) is 2.46. The van der Waals surface area contributed by atoms with Crippen LogP contribution in [0.25, 0.3) is 0 Å². The second-order valence-corrected chi connectivity index (χ2v) is 5.68. The first-order chi connectivity index (χ1) is 10.2. The van der Waals surface area contributed by atoms with E-state index in [9.17, 15) is 0 Å². The van der Waals surface area contributed by atoms with E-state index < -0.39 is 0 Å². The van der Waals surface area contributed by atoms with E-state index in [2.05, 4.69) is 24.8 Å². The monoisotopic (exact) mass is 288 g/mol. The van der Waals surface area contributed by atoms with E-state index in [0.717, 1.165) is 32.5 Å². The van der Waals surface area contributed by atoms with Gasteiger partial charge in [-0.1, -0.05) is 12.1 Å². The van der Waals surface area contributed by atoms with Crippen LogP contribution in [0.15, 0.2) is 24.3 Å². The van der Waals surface area contributed by atoms with Crippen LogP contribution in [0.3, 0.4) is 0 Å². The van der Waals surface area contributed by atoms with Gasteiger partial charge < -0.3 is 9.47 Å². The first-order valence-electron chi connectivity index (χ1n) is 7.69. The highest BCUT2D eigenvalue weighted by Crippen LogP contribution is 2.17. The summed E-state index contributed by atoms with van der Waals surface area (Å²) in [4.78, 5) is 2.46. The number of hydrogen-bond acceptors (Lipinski definition) is 4. The molecule has 0 amide bonds. The number of morpholine rings is 1. The van der Waals surface area contributed by atoms with Crippen LogP contribution in [0, 0.1) is 11.3 Å². The Bertz CT molecular complexity index is 474. The number of hydrogen-bond donors (Lipinski definition) is 0. The molecule has 1 aromatic rings. The van der Waals surface area contributed by atoms with Gasteiger partial charge in [0.1, 0.15) is 11.8 Å². The molecule has 0 N–H and O–H groups in total. The van der Waals surface area contributed by atoms with Crippen molar-refractivity contribution in [3.05, 3.63) is 29.8 Å². The van der Waals surface area contributed by atoms with Crippen LogP contribution in [-0.4, -0.2) is 43.3 Å². The number of benzene rings is 1. The molecule has 1 aliphatic heterocycles. The van der Waals surface area contributed by atoms with Gasteiger partial charge in [-0.3, -0.25) is 4.90 Å². The highest BCUT2D eigenvalue weighted by Gasteiger charge is 2.21. The third kappa shape index (κ3) is 5.04. The van der Waals surface area contributed by atoms with Gasteiger partial charge in [-0.05, 0) is 45.4 Å². The summed E-state index contributed by atoms with van der Waals surface area (Å²) in [6.07, 6.45) is 2.76. The third-order valence-electron chi connectivity index (χ3n) is 3.63. The molecular formula is C17H24N2O2. The van der Waals surface area contributed by atoms with Crippen LogP contribution in [0.2, 0.25) is 0 Å². The first-order valence-corrected chi connectivity index (χ1v) is 7.69. The summed E-state index contributed by atoms with van der Waals surface area (Å²) < 4.78 is 11.4. The van der Waals surface area contributed by atoms with Gasteiger partial charge in [0.15, 0.2) is 0 Å². The van der Waals surface area contributed by atoms with E-state index in [1.807, 2.05) is 18.2 Å². The molecule has 4 heteroatoms. The molecule has 0 saturated carbocycles. The van der Waals surface area contributed by atoms with Crippen molar-refractivity contribution in [1.82, 2.24) is 4.90 Å². The Balaban J connectivity index is 1.65. The van der Waals surface area contributed by atoms with E-state index in [1.54, 1.807) is 6.07 Å². The summed E-state index contributed by atoms with van der Waals surface area (Å²) in [7, 11) is 0. The van der Waals surface area contributed by atoms with Crippen LogP contribution >= 0.6 is 0 Å². The van der Waals surface area contributed by atoms with E-state index in [0.29, 0.717) is 30.1 Å². The summed E-state index contributed by atoms with van der Waals surface area (Å²) in [6, 6.07) is 9.53. The van der Waals surface area contributed by atoms with E-state index in [4.69, 9.17) is 14.7 Å². The Kier molecular flexibility index (Phi) is 6.04. The van der Waals surface area contributed by atoms with Crippen molar-refractivity contribution in [2.24, 2.45) is 0 Å². The zero-order valence-electron chi connectivity index (χ0n) is 12.9. The van der Waals surface area contributed by atoms with Gasteiger partial charge in [0.2, 0.25) is 0 Å². The van der Waals surface area contributed by atoms with Gasteiger partial charge in [-0.15, -0.1) is 0 Å². The molecule has 0 bridgehead atoms. The summed E-state index contributed by atoms with van der Waals surface area (Å²) in [5.41, 5.74) is 0.605. The molecule has 0 aromatic heterocycles. The van der Waals surface area contributed by atoms with Gasteiger partial charge in [0.05, 0.1) is 24.4 Å². The quantitative estimate of drug-likeness (QED) is 0.755. The van der Waals surface area contributed by atoms with Crippen molar-refractivity contribution < 1.29 is 9.47 Å². The topological polar surface area (TPSA) is 45.5 Å². The molecule has 114 valence electrons. The SMILES string of the molecule is C[C@@H]1CN(CCCCOc2ccccc2C#N)C[C@H](C)O1. The Morgan fingerprint density at radius 2 is 1.95 bits per heavy atom. The number of rotatable bonds is 6. The maximum atomic E-state index is 8.99. The molecule has 0 spiro atoms. The molecule has 4 nitrogen and oxygen atoms in total. The molecule has 1 saturated heterocycles. The second kappa shape index (κ2) is 8.02. The highest BCUT2D eigenvalue weighted by atomic mass is 16.5. The minimum absolute atomic E-state index is 0.326. The fraction of sp³-hybridized carbons (Fsp3) is 0.588. The molecule has 1 heterocycles.